The molecule has 0 bridgehead atoms. The van der Waals surface area contributed by atoms with Gasteiger partial charge in [-0.1, -0.05) is 6.92 Å². The second-order valence-electron chi connectivity index (χ2n) is 7.08. The fraction of sp³-hybridized carbons (Fsp3) is 0.933. The van der Waals surface area contributed by atoms with Crippen molar-refractivity contribution in [2.45, 2.75) is 37.8 Å². The molecule has 2 saturated heterocycles. The summed E-state index contributed by atoms with van der Waals surface area (Å²) in [7, 11) is -1.51. The average Bonchev–Trinajstić information content (AvgIpc) is 3.27. The van der Waals surface area contributed by atoms with Crippen molar-refractivity contribution in [1.29, 1.82) is 0 Å². The van der Waals surface area contributed by atoms with Crippen molar-refractivity contribution in [3.05, 3.63) is 0 Å². The SMILES string of the molecule is CCCS(=O)(=O)N1CC2(CN(CC3CC3)[C@H](C(=O)NC)CO2)C1. The van der Waals surface area contributed by atoms with Crippen molar-refractivity contribution in [3.8, 4) is 0 Å². The third kappa shape index (κ3) is 3.55. The molecule has 1 saturated carbocycles. The summed E-state index contributed by atoms with van der Waals surface area (Å²) in [6.45, 7) is 4.59. The van der Waals surface area contributed by atoms with Crippen LogP contribution in [0.2, 0.25) is 0 Å². The van der Waals surface area contributed by atoms with Crippen molar-refractivity contribution < 1.29 is 17.9 Å². The van der Waals surface area contributed by atoms with Gasteiger partial charge in [0.25, 0.3) is 0 Å². The number of ether oxygens (including phenoxy) is 1. The van der Waals surface area contributed by atoms with E-state index in [1.54, 1.807) is 7.05 Å². The molecule has 0 aromatic rings. The first-order valence-corrected chi connectivity index (χ1v) is 10.1. The van der Waals surface area contributed by atoms with Crippen molar-refractivity contribution in [2.24, 2.45) is 5.92 Å². The highest BCUT2D eigenvalue weighted by Crippen LogP contribution is 2.36. The van der Waals surface area contributed by atoms with Crippen molar-refractivity contribution in [3.63, 3.8) is 0 Å². The summed E-state index contributed by atoms with van der Waals surface area (Å²) in [5.74, 6) is 0.850. The first-order valence-electron chi connectivity index (χ1n) is 8.46. The number of nitrogens with one attached hydrogen (secondary N) is 1. The third-order valence-electron chi connectivity index (χ3n) is 5.00. The second-order valence-corrected chi connectivity index (χ2v) is 9.17. The van der Waals surface area contributed by atoms with E-state index in [4.69, 9.17) is 4.74 Å². The molecule has 132 valence electrons. The van der Waals surface area contributed by atoms with E-state index in [1.807, 2.05) is 6.92 Å². The number of likely N-dealkylation sites (N-methyl/N-ethyl adjacent to an activating group) is 1. The van der Waals surface area contributed by atoms with Crippen LogP contribution >= 0.6 is 0 Å². The molecule has 0 unspecified atom stereocenters. The molecule has 0 radical (unpaired) electrons. The summed E-state index contributed by atoms with van der Waals surface area (Å²) in [4.78, 5) is 14.3. The number of nitrogens with zero attached hydrogens (tertiary/aromatic N) is 2. The van der Waals surface area contributed by atoms with E-state index in [1.165, 1.54) is 17.1 Å². The molecule has 8 heteroatoms. The van der Waals surface area contributed by atoms with Crippen molar-refractivity contribution >= 4 is 15.9 Å². The Labute approximate surface area is 138 Å². The quantitative estimate of drug-likeness (QED) is 0.711. The van der Waals surface area contributed by atoms with E-state index in [-0.39, 0.29) is 17.7 Å². The Hall–Kier alpha value is -0.700. The predicted octanol–water partition coefficient (Wildman–Crippen LogP) is -0.363. The zero-order valence-electron chi connectivity index (χ0n) is 14.0. The number of carbonyl (C=O) groups is 1. The summed E-state index contributed by atoms with van der Waals surface area (Å²) in [5.41, 5.74) is -0.430. The lowest BCUT2D eigenvalue weighted by molar-refractivity contribution is -0.185. The van der Waals surface area contributed by atoms with Crippen LogP contribution in [0.25, 0.3) is 0 Å². The first kappa shape index (κ1) is 17.1. The molecule has 1 aliphatic carbocycles. The van der Waals surface area contributed by atoms with Gasteiger partial charge in [0.1, 0.15) is 11.6 Å². The highest BCUT2D eigenvalue weighted by molar-refractivity contribution is 7.89. The molecule has 3 aliphatic rings. The Kier molecular flexibility index (Phi) is 4.70. The molecule has 1 N–H and O–H groups in total. The zero-order chi connectivity index (χ0) is 16.7. The van der Waals surface area contributed by atoms with Crippen LogP contribution in [0.4, 0.5) is 0 Å². The Morgan fingerprint density at radius 3 is 2.57 bits per heavy atom. The lowest BCUT2D eigenvalue weighted by atomic mass is 9.92. The maximum Gasteiger partial charge on any atom is 0.239 e. The zero-order valence-corrected chi connectivity index (χ0v) is 14.8. The van der Waals surface area contributed by atoms with E-state index >= 15 is 0 Å². The first-order chi connectivity index (χ1) is 10.9. The van der Waals surface area contributed by atoms with E-state index in [0.717, 1.165) is 6.54 Å². The predicted molar refractivity (Wildman–Crippen MR) is 86.5 cm³/mol. The molecule has 1 spiro atoms. The van der Waals surface area contributed by atoms with Gasteiger partial charge in [0.05, 0.1) is 12.4 Å². The summed E-state index contributed by atoms with van der Waals surface area (Å²) < 4.78 is 31.7. The fourth-order valence-electron chi connectivity index (χ4n) is 3.49. The van der Waals surface area contributed by atoms with Gasteiger partial charge in [0.15, 0.2) is 0 Å². The lowest BCUT2D eigenvalue weighted by Gasteiger charge is -2.54. The van der Waals surface area contributed by atoms with Crippen molar-refractivity contribution in [1.82, 2.24) is 14.5 Å². The van der Waals surface area contributed by atoms with Crippen LogP contribution in [0.3, 0.4) is 0 Å². The molecule has 0 aromatic carbocycles. The van der Waals surface area contributed by atoms with Gasteiger partial charge < -0.3 is 10.1 Å². The highest BCUT2D eigenvalue weighted by atomic mass is 32.2. The minimum Gasteiger partial charge on any atom is -0.369 e. The molecular formula is C15H27N3O4S. The molecule has 1 amide bonds. The van der Waals surface area contributed by atoms with Crippen LogP contribution in [0, 0.1) is 5.92 Å². The Morgan fingerprint density at radius 2 is 2.00 bits per heavy atom. The molecule has 7 nitrogen and oxygen atoms in total. The summed E-state index contributed by atoms with van der Waals surface area (Å²) >= 11 is 0. The lowest BCUT2D eigenvalue weighted by Crippen LogP contribution is -2.73. The van der Waals surface area contributed by atoms with Crippen LogP contribution < -0.4 is 5.32 Å². The molecule has 0 aromatic heterocycles. The third-order valence-corrected chi connectivity index (χ3v) is 6.97. The summed E-state index contributed by atoms with van der Waals surface area (Å²) in [5, 5.41) is 2.70. The van der Waals surface area contributed by atoms with Crippen LogP contribution in [0.5, 0.6) is 0 Å². The Balaban J connectivity index is 1.64. The Bertz CT molecular complexity index is 555. The maximum atomic E-state index is 12.1. The maximum absolute atomic E-state index is 12.1. The van der Waals surface area contributed by atoms with Crippen LogP contribution in [-0.2, 0) is 19.6 Å². The summed E-state index contributed by atoms with van der Waals surface area (Å²) in [6, 6.07) is -0.257. The smallest absolute Gasteiger partial charge is 0.239 e. The van der Waals surface area contributed by atoms with Gasteiger partial charge in [0.2, 0.25) is 15.9 Å². The molecule has 2 heterocycles. The largest absolute Gasteiger partial charge is 0.369 e. The number of rotatable bonds is 6. The van der Waals surface area contributed by atoms with Crippen LogP contribution in [0.15, 0.2) is 0 Å². The van der Waals surface area contributed by atoms with Gasteiger partial charge in [-0.15, -0.1) is 0 Å². The van der Waals surface area contributed by atoms with Gasteiger partial charge in [-0.3, -0.25) is 9.69 Å². The van der Waals surface area contributed by atoms with Gasteiger partial charge in [-0.05, 0) is 25.2 Å². The average molecular weight is 345 g/mol. The van der Waals surface area contributed by atoms with E-state index in [2.05, 4.69) is 10.2 Å². The van der Waals surface area contributed by atoms with Gasteiger partial charge in [-0.25, -0.2) is 8.42 Å². The normalized spacial score (nSPS) is 28.5. The number of morpholine rings is 1. The molecule has 23 heavy (non-hydrogen) atoms. The van der Waals surface area contributed by atoms with E-state index < -0.39 is 15.6 Å². The fourth-order valence-corrected chi connectivity index (χ4v) is 5.13. The van der Waals surface area contributed by atoms with E-state index in [9.17, 15) is 13.2 Å². The highest BCUT2D eigenvalue weighted by Gasteiger charge is 2.53. The van der Waals surface area contributed by atoms with Gasteiger partial charge >= 0.3 is 0 Å². The topological polar surface area (TPSA) is 79.0 Å². The molecular weight excluding hydrogens is 318 g/mol. The minimum absolute atomic E-state index is 0.0183. The minimum atomic E-state index is -3.16. The van der Waals surface area contributed by atoms with E-state index in [0.29, 0.717) is 38.6 Å². The number of hydrogen-bond acceptors (Lipinski definition) is 5. The standard InChI is InChI=1S/C15H27N3O4S/c1-3-6-23(20,21)18-10-15(11-18)9-17(7-12-4-5-12)13(8-22-15)14(19)16-2/h12-13H,3-11H2,1-2H3,(H,16,19)/t13-/m0/s1. The number of sulfonamides is 1. The number of amides is 1. The second kappa shape index (κ2) is 6.31. The molecule has 1 atom stereocenters. The van der Waals surface area contributed by atoms with Crippen molar-refractivity contribution in [2.75, 3.05) is 45.6 Å². The van der Waals surface area contributed by atoms with Gasteiger partial charge in [0, 0.05) is 33.2 Å². The van der Waals surface area contributed by atoms with Crippen LogP contribution in [0.1, 0.15) is 26.2 Å². The molecule has 3 rings (SSSR count). The van der Waals surface area contributed by atoms with Crippen LogP contribution in [-0.4, -0.2) is 80.8 Å². The van der Waals surface area contributed by atoms with Gasteiger partial charge in [-0.2, -0.15) is 4.31 Å². The molecule has 2 aliphatic heterocycles. The molecule has 3 fully saturated rings. The monoisotopic (exact) mass is 345 g/mol. The number of carbonyl (C=O) groups excluding carboxylic acids is 1. The number of hydrogen-bond donors (Lipinski definition) is 1. The summed E-state index contributed by atoms with van der Waals surface area (Å²) in [6.07, 6.45) is 3.07. The Morgan fingerprint density at radius 1 is 1.30 bits per heavy atom.